The van der Waals surface area contributed by atoms with Gasteiger partial charge in [0.1, 0.15) is 5.75 Å². The summed E-state index contributed by atoms with van der Waals surface area (Å²) in [5.74, 6) is 0.864. The quantitative estimate of drug-likeness (QED) is 0.900. The average molecular weight is 263 g/mol. The predicted molar refractivity (Wildman–Crippen MR) is 73.2 cm³/mol. The number of hydrogen-bond acceptors (Lipinski definition) is 5. The molecular weight excluding hydrogens is 246 g/mol. The second kappa shape index (κ2) is 5.93. The lowest BCUT2D eigenvalue weighted by atomic mass is 10.0. The zero-order valence-corrected chi connectivity index (χ0v) is 11.6. The van der Waals surface area contributed by atoms with Gasteiger partial charge in [-0.1, -0.05) is 23.5 Å². The van der Waals surface area contributed by atoms with Crippen LogP contribution >= 0.6 is 11.5 Å². The van der Waals surface area contributed by atoms with Crippen molar-refractivity contribution in [2.45, 2.75) is 19.4 Å². The molecule has 4 nitrogen and oxygen atoms in total. The number of aryl methyl sites for hydroxylation is 1. The third kappa shape index (κ3) is 2.52. The number of rotatable bonds is 5. The van der Waals surface area contributed by atoms with E-state index in [1.54, 1.807) is 7.11 Å². The first kappa shape index (κ1) is 13.0. The van der Waals surface area contributed by atoms with Crippen molar-refractivity contribution in [3.8, 4) is 5.75 Å². The van der Waals surface area contributed by atoms with E-state index in [1.165, 1.54) is 16.4 Å². The molecular formula is C13H17N3OS. The van der Waals surface area contributed by atoms with Crippen LogP contribution in [0.25, 0.3) is 0 Å². The summed E-state index contributed by atoms with van der Waals surface area (Å²) in [6, 6.07) is 8.19. The Bertz CT molecular complexity index is 512. The molecule has 0 amide bonds. The maximum Gasteiger partial charge on any atom is 0.119 e. The van der Waals surface area contributed by atoms with Crippen LogP contribution in [0.3, 0.4) is 0 Å². The number of nitrogens with zero attached hydrogens (tertiary/aromatic N) is 2. The van der Waals surface area contributed by atoms with Crippen LogP contribution in [-0.2, 0) is 6.42 Å². The number of benzene rings is 1. The first-order valence-electron chi connectivity index (χ1n) is 5.92. The van der Waals surface area contributed by atoms with Crippen molar-refractivity contribution >= 4 is 11.5 Å². The fraction of sp³-hybridized carbons (Fsp3) is 0.385. The molecule has 1 atom stereocenters. The molecule has 1 N–H and O–H groups in total. The molecule has 0 saturated carbocycles. The number of hydrogen-bond donors (Lipinski definition) is 1. The summed E-state index contributed by atoms with van der Waals surface area (Å²) in [5, 5.41) is 7.49. The third-order valence-corrected chi connectivity index (χ3v) is 3.73. The molecule has 2 rings (SSSR count). The molecule has 1 unspecified atom stereocenters. The minimum Gasteiger partial charge on any atom is -0.497 e. The van der Waals surface area contributed by atoms with Gasteiger partial charge in [-0.25, -0.2) is 0 Å². The van der Waals surface area contributed by atoms with E-state index >= 15 is 0 Å². The van der Waals surface area contributed by atoms with E-state index in [-0.39, 0.29) is 6.04 Å². The van der Waals surface area contributed by atoms with Crippen LogP contribution in [0.5, 0.6) is 5.75 Å². The lowest BCUT2D eigenvalue weighted by molar-refractivity contribution is 0.414. The molecule has 0 aliphatic carbocycles. The SMILES string of the molecule is CCc1nnsc1C(NC)c1cccc(OC)c1. The number of methoxy groups -OCH3 is 1. The number of ether oxygens (including phenoxy) is 1. The maximum absolute atomic E-state index is 5.27. The minimum absolute atomic E-state index is 0.120. The van der Waals surface area contributed by atoms with Gasteiger partial charge >= 0.3 is 0 Å². The minimum atomic E-state index is 0.120. The molecule has 0 bridgehead atoms. The number of nitrogens with one attached hydrogen (secondary N) is 1. The molecule has 0 fully saturated rings. The Morgan fingerprint density at radius 2 is 2.28 bits per heavy atom. The maximum atomic E-state index is 5.27. The van der Waals surface area contributed by atoms with E-state index in [0.29, 0.717) is 0 Å². The Morgan fingerprint density at radius 3 is 2.94 bits per heavy atom. The molecule has 0 saturated heterocycles. The first-order chi connectivity index (χ1) is 8.80. The first-order valence-corrected chi connectivity index (χ1v) is 6.69. The summed E-state index contributed by atoms with van der Waals surface area (Å²) in [5.41, 5.74) is 2.22. The largest absolute Gasteiger partial charge is 0.497 e. The standard InChI is InChI=1S/C13H17N3OS/c1-4-11-13(18-16-15-11)12(14-2)9-6-5-7-10(8-9)17-3/h5-8,12,14H,4H2,1-3H3. The van der Waals surface area contributed by atoms with Crippen LogP contribution in [0.4, 0.5) is 0 Å². The van der Waals surface area contributed by atoms with Gasteiger partial charge in [-0.3, -0.25) is 0 Å². The fourth-order valence-electron chi connectivity index (χ4n) is 1.95. The van der Waals surface area contributed by atoms with Crippen LogP contribution in [0, 0.1) is 0 Å². The van der Waals surface area contributed by atoms with E-state index in [4.69, 9.17) is 4.74 Å². The molecule has 1 heterocycles. The van der Waals surface area contributed by atoms with Gasteiger partial charge in [0, 0.05) is 0 Å². The second-order valence-electron chi connectivity index (χ2n) is 3.94. The third-order valence-electron chi connectivity index (χ3n) is 2.90. The zero-order valence-electron chi connectivity index (χ0n) is 10.8. The zero-order chi connectivity index (χ0) is 13.0. The Morgan fingerprint density at radius 1 is 1.44 bits per heavy atom. The van der Waals surface area contributed by atoms with Gasteiger partial charge in [-0.2, -0.15) is 0 Å². The second-order valence-corrected chi connectivity index (χ2v) is 4.72. The van der Waals surface area contributed by atoms with Gasteiger partial charge in [-0.05, 0) is 42.7 Å². The average Bonchev–Trinajstić information content (AvgIpc) is 2.88. The molecule has 2 aromatic rings. The summed E-state index contributed by atoms with van der Waals surface area (Å²) in [7, 11) is 3.63. The van der Waals surface area contributed by atoms with Gasteiger partial charge in [-0.15, -0.1) is 5.10 Å². The Hall–Kier alpha value is -1.46. The highest BCUT2D eigenvalue weighted by atomic mass is 32.1. The monoisotopic (exact) mass is 263 g/mol. The van der Waals surface area contributed by atoms with E-state index in [9.17, 15) is 0 Å². The molecule has 1 aromatic carbocycles. The lowest BCUT2D eigenvalue weighted by Crippen LogP contribution is -2.17. The Balaban J connectivity index is 2.38. The van der Waals surface area contributed by atoms with Gasteiger partial charge in [0.15, 0.2) is 0 Å². The lowest BCUT2D eigenvalue weighted by Gasteiger charge is -2.16. The Labute approximate surface area is 111 Å². The summed E-state index contributed by atoms with van der Waals surface area (Å²) < 4.78 is 9.32. The van der Waals surface area contributed by atoms with Crippen molar-refractivity contribution in [2.24, 2.45) is 0 Å². The highest BCUT2D eigenvalue weighted by Crippen LogP contribution is 2.28. The van der Waals surface area contributed by atoms with Crippen molar-refractivity contribution in [1.82, 2.24) is 14.9 Å². The normalized spacial score (nSPS) is 12.4. The Kier molecular flexibility index (Phi) is 4.28. The van der Waals surface area contributed by atoms with E-state index in [0.717, 1.165) is 23.4 Å². The van der Waals surface area contributed by atoms with Crippen LogP contribution < -0.4 is 10.1 Å². The summed E-state index contributed by atoms with van der Waals surface area (Å²) in [4.78, 5) is 1.17. The highest BCUT2D eigenvalue weighted by molar-refractivity contribution is 7.05. The molecule has 1 aromatic heterocycles. The van der Waals surface area contributed by atoms with Gasteiger partial charge in [0.05, 0.1) is 23.7 Å². The molecule has 18 heavy (non-hydrogen) atoms. The van der Waals surface area contributed by atoms with Crippen LogP contribution in [0.2, 0.25) is 0 Å². The van der Waals surface area contributed by atoms with Crippen LogP contribution in [-0.4, -0.2) is 23.7 Å². The van der Waals surface area contributed by atoms with Crippen LogP contribution in [0.1, 0.15) is 29.1 Å². The summed E-state index contributed by atoms with van der Waals surface area (Å²) >= 11 is 1.45. The molecule has 0 aliphatic heterocycles. The molecule has 0 aliphatic rings. The summed E-state index contributed by atoms with van der Waals surface area (Å²) in [6.07, 6.45) is 0.897. The van der Waals surface area contributed by atoms with Crippen molar-refractivity contribution in [3.05, 3.63) is 40.4 Å². The van der Waals surface area contributed by atoms with Gasteiger partial charge in [0.2, 0.25) is 0 Å². The van der Waals surface area contributed by atoms with E-state index < -0.39 is 0 Å². The van der Waals surface area contributed by atoms with E-state index in [2.05, 4.69) is 27.9 Å². The van der Waals surface area contributed by atoms with E-state index in [1.807, 2.05) is 25.2 Å². The number of aromatic nitrogens is 2. The predicted octanol–water partition coefficient (Wildman–Crippen LogP) is 2.42. The molecule has 0 spiro atoms. The molecule has 0 radical (unpaired) electrons. The molecule has 96 valence electrons. The fourth-order valence-corrected chi connectivity index (χ4v) is 2.83. The topological polar surface area (TPSA) is 47.0 Å². The van der Waals surface area contributed by atoms with Gasteiger partial charge < -0.3 is 10.1 Å². The van der Waals surface area contributed by atoms with Gasteiger partial charge in [0.25, 0.3) is 0 Å². The van der Waals surface area contributed by atoms with Crippen molar-refractivity contribution in [1.29, 1.82) is 0 Å². The molecule has 5 heteroatoms. The summed E-state index contributed by atoms with van der Waals surface area (Å²) in [6.45, 7) is 2.10. The van der Waals surface area contributed by atoms with Crippen molar-refractivity contribution < 1.29 is 4.74 Å². The van der Waals surface area contributed by atoms with Crippen LogP contribution in [0.15, 0.2) is 24.3 Å². The smallest absolute Gasteiger partial charge is 0.119 e. The highest BCUT2D eigenvalue weighted by Gasteiger charge is 2.19. The van der Waals surface area contributed by atoms with Crippen molar-refractivity contribution in [2.75, 3.05) is 14.2 Å². The van der Waals surface area contributed by atoms with Crippen molar-refractivity contribution in [3.63, 3.8) is 0 Å².